The molecule has 0 radical (unpaired) electrons. The molecule has 0 amide bonds. The van der Waals surface area contributed by atoms with Crippen LogP contribution in [0.4, 0.5) is 0 Å². The van der Waals surface area contributed by atoms with E-state index < -0.39 is 0 Å². The van der Waals surface area contributed by atoms with Crippen LogP contribution in [-0.4, -0.2) is 14.8 Å². The van der Waals surface area contributed by atoms with E-state index in [1.807, 2.05) is 0 Å². The van der Waals surface area contributed by atoms with Gasteiger partial charge in [-0.3, -0.25) is 0 Å². The first-order chi connectivity index (χ1) is 7.58. The second kappa shape index (κ2) is 4.37. The molecule has 16 heavy (non-hydrogen) atoms. The highest BCUT2D eigenvalue weighted by atomic mass is 79.9. The van der Waals surface area contributed by atoms with Gasteiger partial charge in [0, 0.05) is 16.1 Å². The molecule has 0 bridgehead atoms. The van der Waals surface area contributed by atoms with Crippen LogP contribution in [0.5, 0.6) is 0 Å². The van der Waals surface area contributed by atoms with Crippen LogP contribution in [0.3, 0.4) is 0 Å². The Kier molecular flexibility index (Phi) is 3.10. The summed E-state index contributed by atoms with van der Waals surface area (Å²) in [5.74, 6) is 0.916. The second-order valence-electron chi connectivity index (χ2n) is 4.17. The standard InChI is InChI=1S/C12H14BrN3/c1-8(2)16-7-14-15-12(16)10-4-9(3)5-11(13)6-10/h4-8H,1-3H3. The predicted molar refractivity (Wildman–Crippen MR) is 68.3 cm³/mol. The van der Waals surface area contributed by atoms with Gasteiger partial charge in [-0.05, 0) is 44.5 Å². The summed E-state index contributed by atoms with van der Waals surface area (Å²) < 4.78 is 3.14. The summed E-state index contributed by atoms with van der Waals surface area (Å²) in [5, 5.41) is 8.16. The summed E-state index contributed by atoms with van der Waals surface area (Å²) >= 11 is 3.50. The van der Waals surface area contributed by atoms with Gasteiger partial charge in [0.2, 0.25) is 0 Å². The van der Waals surface area contributed by atoms with Crippen molar-refractivity contribution in [1.29, 1.82) is 0 Å². The molecule has 0 aliphatic rings. The van der Waals surface area contributed by atoms with Crippen molar-refractivity contribution in [3.8, 4) is 11.4 Å². The molecule has 2 aromatic rings. The molecule has 3 nitrogen and oxygen atoms in total. The van der Waals surface area contributed by atoms with E-state index in [0.717, 1.165) is 15.9 Å². The summed E-state index contributed by atoms with van der Waals surface area (Å²) in [6, 6.07) is 6.63. The van der Waals surface area contributed by atoms with Gasteiger partial charge in [0.15, 0.2) is 5.82 Å². The Morgan fingerprint density at radius 3 is 2.62 bits per heavy atom. The van der Waals surface area contributed by atoms with Crippen LogP contribution in [0.1, 0.15) is 25.5 Å². The van der Waals surface area contributed by atoms with Crippen molar-refractivity contribution >= 4 is 15.9 Å². The summed E-state index contributed by atoms with van der Waals surface area (Å²) in [4.78, 5) is 0. The molecule has 0 N–H and O–H groups in total. The molecule has 0 aliphatic carbocycles. The fourth-order valence-corrected chi connectivity index (χ4v) is 2.30. The number of aryl methyl sites for hydroxylation is 1. The van der Waals surface area contributed by atoms with Crippen molar-refractivity contribution < 1.29 is 0 Å². The van der Waals surface area contributed by atoms with Gasteiger partial charge < -0.3 is 4.57 Å². The van der Waals surface area contributed by atoms with Crippen molar-refractivity contribution in [2.75, 3.05) is 0 Å². The quantitative estimate of drug-likeness (QED) is 0.841. The fourth-order valence-electron chi connectivity index (χ4n) is 1.69. The Hall–Kier alpha value is -1.16. The lowest BCUT2D eigenvalue weighted by Crippen LogP contribution is -2.01. The lowest BCUT2D eigenvalue weighted by molar-refractivity contribution is 0.604. The van der Waals surface area contributed by atoms with Crippen LogP contribution in [0, 0.1) is 6.92 Å². The maximum atomic E-state index is 4.18. The number of hydrogen-bond donors (Lipinski definition) is 0. The van der Waals surface area contributed by atoms with E-state index in [0.29, 0.717) is 6.04 Å². The zero-order chi connectivity index (χ0) is 11.7. The van der Waals surface area contributed by atoms with E-state index in [9.17, 15) is 0 Å². The lowest BCUT2D eigenvalue weighted by atomic mass is 10.1. The number of halogens is 1. The van der Waals surface area contributed by atoms with Crippen LogP contribution in [-0.2, 0) is 0 Å². The highest BCUT2D eigenvalue weighted by Crippen LogP contribution is 2.24. The lowest BCUT2D eigenvalue weighted by Gasteiger charge is -2.10. The summed E-state index contributed by atoms with van der Waals surface area (Å²) in [6.45, 7) is 6.32. The molecule has 1 aromatic carbocycles. The maximum Gasteiger partial charge on any atom is 0.164 e. The monoisotopic (exact) mass is 279 g/mol. The highest BCUT2D eigenvalue weighted by molar-refractivity contribution is 9.10. The minimum Gasteiger partial charge on any atom is -0.311 e. The molecule has 4 heteroatoms. The van der Waals surface area contributed by atoms with Gasteiger partial charge in [0.05, 0.1) is 0 Å². The van der Waals surface area contributed by atoms with Crippen molar-refractivity contribution in [1.82, 2.24) is 14.8 Å². The van der Waals surface area contributed by atoms with E-state index >= 15 is 0 Å². The molecule has 0 unspecified atom stereocenters. The number of hydrogen-bond acceptors (Lipinski definition) is 2. The number of nitrogens with zero attached hydrogens (tertiary/aromatic N) is 3. The van der Waals surface area contributed by atoms with Crippen molar-refractivity contribution in [2.24, 2.45) is 0 Å². The van der Waals surface area contributed by atoms with Crippen molar-refractivity contribution in [2.45, 2.75) is 26.8 Å². The van der Waals surface area contributed by atoms with Crippen molar-refractivity contribution in [3.05, 3.63) is 34.6 Å². The van der Waals surface area contributed by atoms with Crippen LogP contribution in [0.25, 0.3) is 11.4 Å². The Labute approximate surface area is 104 Å². The first-order valence-electron chi connectivity index (χ1n) is 5.25. The Morgan fingerprint density at radius 2 is 2.00 bits per heavy atom. The third-order valence-electron chi connectivity index (χ3n) is 2.43. The van der Waals surface area contributed by atoms with Gasteiger partial charge >= 0.3 is 0 Å². The SMILES string of the molecule is Cc1cc(Br)cc(-c2nncn2C(C)C)c1. The number of rotatable bonds is 2. The maximum absolute atomic E-state index is 4.18. The summed E-state index contributed by atoms with van der Waals surface area (Å²) in [7, 11) is 0. The molecule has 0 saturated heterocycles. The van der Waals surface area contributed by atoms with E-state index in [-0.39, 0.29) is 0 Å². The van der Waals surface area contributed by atoms with E-state index in [1.54, 1.807) is 6.33 Å². The van der Waals surface area contributed by atoms with Crippen LogP contribution >= 0.6 is 15.9 Å². The third kappa shape index (κ3) is 2.16. The smallest absolute Gasteiger partial charge is 0.164 e. The molecule has 1 aromatic heterocycles. The summed E-state index contributed by atoms with van der Waals surface area (Å²) in [5.41, 5.74) is 2.31. The van der Waals surface area contributed by atoms with Gasteiger partial charge in [-0.25, -0.2) is 0 Å². The molecule has 0 saturated carbocycles. The minimum atomic E-state index is 0.365. The molecule has 1 heterocycles. The Morgan fingerprint density at radius 1 is 1.25 bits per heavy atom. The van der Waals surface area contributed by atoms with Crippen LogP contribution in [0.15, 0.2) is 29.0 Å². The average molecular weight is 280 g/mol. The van der Waals surface area contributed by atoms with Gasteiger partial charge in [0.1, 0.15) is 6.33 Å². The molecule has 0 atom stereocenters. The van der Waals surface area contributed by atoms with Gasteiger partial charge in [-0.2, -0.15) is 0 Å². The molecule has 0 spiro atoms. The molecule has 0 aliphatic heterocycles. The molecule has 0 fully saturated rings. The molecular weight excluding hydrogens is 266 g/mol. The molecule has 2 rings (SSSR count). The Bertz CT molecular complexity index is 482. The molecular formula is C12H14BrN3. The zero-order valence-corrected chi connectivity index (χ0v) is 11.2. The van der Waals surface area contributed by atoms with Crippen LogP contribution in [0.2, 0.25) is 0 Å². The van der Waals surface area contributed by atoms with E-state index in [1.165, 1.54) is 5.56 Å². The van der Waals surface area contributed by atoms with Gasteiger partial charge in [-0.15, -0.1) is 10.2 Å². The average Bonchev–Trinajstić information content (AvgIpc) is 2.63. The fraction of sp³-hybridized carbons (Fsp3) is 0.333. The number of benzene rings is 1. The van der Waals surface area contributed by atoms with Gasteiger partial charge in [-0.1, -0.05) is 15.9 Å². The van der Waals surface area contributed by atoms with Gasteiger partial charge in [0.25, 0.3) is 0 Å². The Balaban J connectivity index is 2.54. The highest BCUT2D eigenvalue weighted by Gasteiger charge is 2.10. The van der Waals surface area contributed by atoms with E-state index in [2.05, 4.69) is 69.7 Å². The number of aromatic nitrogens is 3. The summed E-state index contributed by atoms with van der Waals surface area (Å²) in [6.07, 6.45) is 1.77. The first-order valence-corrected chi connectivity index (χ1v) is 6.04. The largest absolute Gasteiger partial charge is 0.311 e. The predicted octanol–water partition coefficient (Wildman–Crippen LogP) is 3.60. The van der Waals surface area contributed by atoms with Crippen LogP contribution < -0.4 is 0 Å². The second-order valence-corrected chi connectivity index (χ2v) is 5.09. The van der Waals surface area contributed by atoms with E-state index in [4.69, 9.17) is 0 Å². The molecule has 84 valence electrons. The third-order valence-corrected chi connectivity index (χ3v) is 2.89. The topological polar surface area (TPSA) is 30.7 Å². The zero-order valence-electron chi connectivity index (χ0n) is 9.61. The normalized spacial score (nSPS) is 11.1. The van der Waals surface area contributed by atoms with Crippen molar-refractivity contribution in [3.63, 3.8) is 0 Å². The minimum absolute atomic E-state index is 0.365. The first kappa shape index (κ1) is 11.3.